The monoisotopic (exact) mass is 254 g/mol. The van der Waals surface area contributed by atoms with Crippen LogP contribution in [0.4, 0.5) is 5.82 Å². The number of rotatable bonds is 3. The summed E-state index contributed by atoms with van der Waals surface area (Å²) in [4.78, 5) is 11.7. The number of nitrogens with two attached hydrogens (primary N) is 1. The van der Waals surface area contributed by atoms with Crippen LogP contribution < -0.4 is 16.8 Å². The van der Waals surface area contributed by atoms with Crippen LogP contribution in [0.5, 0.6) is 0 Å². The van der Waals surface area contributed by atoms with Crippen molar-refractivity contribution in [2.24, 2.45) is 5.84 Å². The van der Waals surface area contributed by atoms with Gasteiger partial charge in [0.2, 0.25) is 0 Å². The Balaban J connectivity index is 2.01. The summed E-state index contributed by atoms with van der Waals surface area (Å²) < 4.78 is 0. The quantitative estimate of drug-likeness (QED) is 0.424. The maximum Gasteiger partial charge on any atom is 0.269 e. The Hall–Kier alpha value is -2.53. The van der Waals surface area contributed by atoms with Gasteiger partial charge in [0.15, 0.2) is 0 Å². The average molecular weight is 254 g/mol. The van der Waals surface area contributed by atoms with Crippen LogP contribution in [0, 0.1) is 0 Å². The second kappa shape index (κ2) is 4.62. The normalized spacial score (nSPS) is 10.8. The lowest BCUT2D eigenvalue weighted by molar-refractivity contribution is 1.05. The number of aromatic nitrogens is 2. The van der Waals surface area contributed by atoms with Gasteiger partial charge in [0, 0.05) is 6.42 Å². The minimum Gasteiger partial charge on any atom is -0.309 e. The summed E-state index contributed by atoms with van der Waals surface area (Å²) >= 11 is 0. The van der Waals surface area contributed by atoms with Crippen molar-refractivity contribution in [1.29, 1.82) is 0 Å². The molecule has 5 nitrogen and oxygen atoms in total. The van der Waals surface area contributed by atoms with Gasteiger partial charge in [-0.15, -0.1) is 0 Å². The van der Waals surface area contributed by atoms with Gasteiger partial charge in [0.1, 0.15) is 5.82 Å². The number of hydrazine groups is 1. The molecule has 1 heterocycles. The summed E-state index contributed by atoms with van der Waals surface area (Å²) in [6.07, 6.45) is 0.531. The van der Waals surface area contributed by atoms with E-state index in [1.807, 2.05) is 18.2 Å². The molecule has 3 rings (SSSR count). The van der Waals surface area contributed by atoms with E-state index in [2.05, 4.69) is 39.9 Å². The summed E-state index contributed by atoms with van der Waals surface area (Å²) in [6.45, 7) is 0. The Morgan fingerprint density at radius 2 is 1.84 bits per heavy atom. The van der Waals surface area contributed by atoms with E-state index in [0.717, 1.165) is 10.9 Å². The Morgan fingerprint density at radius 3 is 2.63 bits per heavy atom. The van der Waals surface area contributed by atoms with E-state index in [0.29, 0.717) is 17.8 Å². The Morgan fingerprint density at radius 1 is 1.05 bits per heavy atom. The number of H-pyrrole nitrogens is 2. The van der Waals surface area contributed by atoms with E-state index in [-0.39, 0.29) is 5.56 Å². The van der Waals surface area contributed by atoms with Gasteiger partial charge >= 0.3 is 0 Å². The van der Waals surface area contributed by atoms with Crippen LogP contribution >= 0.6 is 0 Å². The Kier molecular flexibility index (Phi) is 2.81. The maximum atomic E-state index is 11.7. The highest BCUT2D eigenvalue weighted by Gasteiger charge is 2.09. The second-order valence-electron chi connectivity index (χ2n) is 4.44. The predicted octanol–water partition coefficient (Wildman–Crippen LogP) is 1.73. The third-order valence-corrected chi connectivity index (χ3v) is 3.22. The molecule has 0 saturated carbocycles. The molecule has 0 unspecified atom stereocenters. The van der Waals surface area contributed by atoms with Crippen molar-refractivity contribution in [2.45, 2.75) is 6.42 Å². The van der Waals surface area contributed by atoms with Gasteiger partial charge in [-0.25, -0.2) is 5.84 Å². The van der Waals surface area contributed by atoms with Gasteiger partial charge in [0.25, 0.3) is 5.56 Å². The number of hydrogen-bond donors (Lipinski definition) is 4. The van der Waals surface area contributed by atoms with Gasteiger partial charge in [0.05, 0.1) is 5.56 Å². The molecule has 5 N–H and O–H groups in total. The van der Waals surface area contributed by atoms with E-state index in [1.165, 1.54) is 5.39 Å². The first kappa shape index (κ1) is 11.6. The molecule has 19 heavy (non-hydrogen) atoms. The molecule has 1 aromatic heterocycles. The summed E-state index contributed by atoms with van der Waals surface area (Å²) in [6, 6.07) is 14.3. The largest absolute Gasteiger partial charge is 0.309 e. The smallest absolute Gasteiger partial charge is 0.269 e. The molecule has 2 aromatic carbocycles. The lowest BCUT2D eigenvalue weighted by Crippen LogP contribution is -2.12. The lowest BCUT2D eigenvalue weighted by Gasteiger charge is -2.04. The summed E-state index contributed by atoms with van der Waals surface area (Å²) in [5, 5.41) is 7.58. The molecule has 0 amide bonds. The first-order valence-electron chi connectivity index (χ1n) is 6.02. The molecule has 0 radical (unpaired) electrons. The van der Waals surface area contributed by atoms with Crippen molar-refractivity contribution in [1.82, 2.24) is 10.2 Å². The molecule has 3 aromatic rings. The number of nitrogen functional groups attached to an aromatic ring is 1. The molecule has 0 atom stereocenters. The van der Waals surface area contributed by atoms with Crippen LogP contribution in [0.15, 0.2) is 47.3 Å². The number of fused-ring (bicyclic) bond motifs is 1. The number of anilines is 1. The highest BCUT2D eigenvalue weighted by atomic mass is 16.1. The number of hydrogen-bond acceptors (Lipinski definition) is 3. The van der Waals surface area contributed by atoms with Crippen LogP contribution in [0.1, 0.15) is 11.1 Å². The summed E-state index contributed by atoms with van der Waals surface area (Å²) in [7, 11) is 0. The SMILES string of the molecule is NNc1[nH][nH]c(=O)c1Cc1ccc2ccccc2c1. The minimum atomic E-state index is -0.152. The zero-order chi connectivity index (χ0) is 13.2. The molecule has 0 aliphatic carbocycles. The predicted molar refractivity (Wildman–Crippen MR) is 76.0 cm³/mol. The van der Waals surface area contributed by atoms with Gasteiger partial charge in [-0.2, -0.15) is 0 Å². The van der Waals surface area contributed by atoms with Crippen LogP contribution in [0.2, 0.25) is 0 Å². The second-order valence-corrected chi connectivity index (χ2v) is 4.44. The molecule has 0 spiro atoms. The van der Waals surface area contributed by atoms with Gasteiger partial charge < -0.3 is 5.43 Å². The first-order chi connectivity index (χ1) is 9.28. The summed E-state index contributed by atoms with van der Waals surface area (Å²) in [5.41, 5.74) is 4.01. The fourth-order valence-electron chi connectivity index (χ4n) is 2.23. The van der Waals surface area contributed by atoms with Crippen LogP contribution in [-0.4, -0.2) is 10.2 Å². The van der Waals surface area contributed by atoms with E-state index in [4.69, 9.17) is 5.84 Å². The third-order valence-electron chi connectivity index (χ3n) is 3.22. The van der Waals surface area contributed by atoms with Crippen molar-refractivity contribution < 1.29 is 0 Å². The Labute approximate surface area is 109 Å². The first-order valence-corrected chi connectivity index (χ1v) is 6.02. The minimum absolute atomic E-state index is 0.152. The summed E-state index contributed by atoms with van der Waals surface area (Å²) in [5.74, 6) is 5.89. The highest BCUT2D eigenvalue weighted by molar-refractivity contribution is 5.83. The van der Waals surface area contributed by atoms with E-state index in [9.17, 15) is 4.79 Å². The number of benzene rings is 2. The van der Waals surface area contributed by atoms with Crippen LogP contribution in [0.3, 0.4) is 0 Å². The van der Waals surface area contributed by atoms with Crippen molar-refractivity contribution in [3.05, 3.63) is 63.9 Å². The fourth-order valence-corrected chi connectivity index (χ4v) is 2.23. The molecule has 0 fully saturated rings. The van der Waals surface area contributed by atoms with Gasteiger partial charge in [-0.1, -0.05) is 42.5 Å². The molecule has 0 saturated heterocycles. The lowest BCUT2D eigenvalue weighted by atomic mass is 10.0. The fraction of sp³-hybridized carbons (Fsp3) is 0.0714. The zero-order valence-electron chi connectivity index (χ0n) is 10.2. The van der Waals surface area contributed by atoms with Gasteiger partial charge in [-0.3, -0.25) is 15.0 Å². The van der Waals surface area contributed by atoms with E-state index >= 15 is 0 Å². The maximum absolute atomic E-state index is 11.7. The topological polar surface area (TPSA) is 86.7 Å². The van der Waals surface area contributed by atoms with Crippen LogP contribution in [0.25, 0.3) is 10.8 Å². The molecular formula is C14H14N4O. The van der Waals surface area contributed by atoms with Crippen molar-refractivity contribution >= 4 is 16.6 Å². The van der Waals surface area contributed by atoms with Crippen molar-refractivity contribution in [3.8, 4) is 0 Å². The van der Waals surface area contributed by atoms with Crippen LogP contribution in [-0.2, 0) is 6.42 Å². The van der Waals surface area contributed by atoms with Gasteiger partial charge in [-0.05, 0) is 16.3 Å². The average Bonchev–Trinajstić information content (AvgIpc) is 2.79. The molecule has 96 valence electrons. The van der Waals surface area contributed by atoms with Crippen molar-refractivity contribution in [2.75, 3.05) is 5.43 Å². The zero-order valence-corrected chi connectivity index (χ0v) is 10.2. The molecule has 5 heteroatoms. The highest BCUT2D eigenvalue weighted by Crippen LogP contribution is 2.18. The van der Waals surface area contributed by atoms with Crippen molar-refractivity contribution in [3.63, 3.8) is 0 Å². The van der Waals surface area contributed by atoms with E-state index in [1.54, 1.807) is 0 Å². The molecule has 0 aliphatic heterocycles. The van der Waals surface area contributed by atoms with E-state index < -0.39 is 0 Å². The molecular weight excluding hydrogens is 240 g/mol. The third kappa shape index (κ3) is 2.11. The Bertz CT molecular complexity index is 772. The number of nitrogens with one attached hydrogen (secondary N) is 3. The molecule has 0 aliphatic rings. The molecule has 0 bridgehead atoms. The standard InChI is InChI=1S/C14H14N4O/c15-16-13-12(14(19)18-17-13)8-9-5-6-10-3-1-2-4-11(10)7-9/h1-7H,8,15H2,(H3,16,17,18,19). The number of aromatic amines is 2.